The van der Waals surface area contributed by atoms with Crippen LogP contribution in [0.4, 0.5) is 10.5 Å². The second-order valence-electron chi connectivity index (χ2n) is 7.40. The highest BCUT2D eigenvalue weighted by atomic mass is 35.5. The number of nitrogens with zero attached hydrogens (tertiary/aromatic N) is 1. The van der Waals surface area contributed by atoms with E-state index < -0.39 is 0 Å². The van der Waals surface area contributed by atoms with Gasteiger partial charge in [0.2, 0.25) is 0 Å². The molecule has 0 radical (unpaired) electrons. The summed E-state index contributed by atoms with van der Waals surface area (Å²) in [5.74, 6) is 1.91. The minimum absolute atomic E-state index is 0.00684. The number of amides is 2. The molecule has 1 unspecified atom stereocenters. The molecule has 1 N–H and O–H groups in total. The highest BCUT2D eigenvalue weighted by Crippen LogP contribution is 2.46. The Bertz CT molecular complexity index is 763. The fourth-order valence-corrected chi connectivity index (χ4v) is 4.51. The zero-order valence-electron chi connectivity index (χ0n) is 14.4. The van der Waals surface area contributed by atoms with E-state index >= 15 is 0 Å². The highest BCUT2D eigenvalue weighted by molar-refractivity contribution is 6.31. The van der Waals surface area contributed by atoms with Crippen molar-refractivity contribution in [3.63, 3.8) is 0 Å². The predicted octanol–water partition coefficient (Wildman–Crippen LogP) is 5.31. The number of rotatable bonds is 2. The van der Waals surface area contributed by atoms with Gasteiger partial charge in [-0.05, 0) is 66.8 Å². The molecular formula is C21H23ClN2O. The topological polar surface area (TPSA) is 32.3 Å². The average molecular weight is 355 g/mol. The van der Waals surface area contributed by atoms with Crippen molar-refractivity contribution in [3.8, 4) is 0 Å². The molecule has 2 aliphatic rings. The average Bonchev–Trinajstić information content (AvgIpc) is 3.18. The number of carbonyl (C=O) groups is 1. The van der Waals surface area contributed by atoms with Crippen molar-refractivity contribution in [2.45, 2.75) is 25.7 Å². The lowest BCUT2D eigenvalue weighted by Crippen LogP contribution is -2.33. The molecule has 1 heterocycles. The molecule has 0 bridgehead atoms. The number of aryl methyl sites for hydroxylation is 1. The minimum atomic E-state index is 0.00684. The van der Waals surface area contributed by atoms with Crippen molar-refractivity contribution < 1.29 is 4.79 Å². The van der Waals surface area contributed by atoms with Gasteiger partial charge in [0.05, 0.1) is 0 Å². The molecule has 2 aromatic rings. The van der Waals surface area contributed by atoms with Gasteiger partial charge in [0.15, 0.2) is 0 Å². The number of carbonyl (C=O) groups excluding carboxylic acids is 1. The third-order valence-corrected chi connectivity index (χ3v) is 6.14. The lowest BCUT2D eigenvalue weighted by Gasteiger charge is -2.20. The normalized spacial score (nSPS) is 25.0. The zero-order chi connectivity index (χ0) is 17.4. The quantitative estimate of drug-likeness (QED) is 0.779. The van der Waals surface area contributed by atoms with E-state index in [9.17, 15) is 4.79 Å². The summed E-state index contributed by atoms with van der Waals surface area (Å²) >= 11 is 6.05. The molecule has 3 atom stereocenters. The van der Waals surface area contributed by atoms with Gasteiger partial charge in [0.25, 0.3) is 0 Å². The first-order valence-corrected chi connectivity index (χ1v) is 9.35. The number of anilines is 1. The van der Waals surface area contributed by atoms with E-state index in [1.165, 1.54) is 18.4 Å². The Hall–Kier alpha value is -2.00. The molecule has 1 saturated carbocycles. The predicted molar refractivity (Wildman–Crippen MR) is 102 cm³/mol. The van der Waals surface area contributed by atoms with Crippen LogP contribution in [0.3, 0.4) is 0 Å². The summed E-state index contributed by atoms with van der Waals surface area (Å²) in [4.78, 5) is 14.5. The number of likely N-dealkylation sites (tertiary alicyclic amines) is 1. The van der Waals surface area contributed by atoms with Crippen LogP contribution < -0.4 is 5.32 Å². The Morgan fingerprint density at radius 1 is 1.08 bits per heavy atom. The fourth-order valence-electron chi connectivity index (χ4n) is 4.39. The van der Waals surface area contributed by atoms with Crippen LogP contribution in [-0.2, 0) is 0 Å². The van der Waals surface area contributed by atoms with Crippen LogP contribution in [0.2, 0.25) is 5.02 Å². The van der Waals surface area contributed by atoms with Crippen LogP contribution in [0.1, 0.15) is 29.9 Å². The third-order valence-electron chi connectivity index (χ3n) is 5.72. The molecule has 2 amide bonds. The first kappa shape index (κ1) is 16.5. The second-order valence-corrected chi connectivity index (χ2v) is 7.81. The van der Waals surface area contributed by atoms with Gasteiger partial charge in [0, 0.05) is 23.8 Å². The number of hydrogen-bond donors (Lipinski definition) is 1. The first-order valence-electron chi connectivity index (χ1n) is 8.97. The third kappa shape index (κ3) is 3.38. The molecular weight excluding hydrogens is 332 g/mol. The molecule has 0 aromatic heterocycles. The standard InChI is InChI=1S/C21H23ClN2O/c1-14-9-19(7-8-20(14)22)23-21(25)24-12-17-10-16(11-18(17)13-24)15-5-3-2-4-6-15/h2-9,16-18H,10-13H2,1H3,(H,23,25)/t16?,17-,18+. The summed E-state index contributed by atoms with van der Waals surface area (Å²) in [5.41, 5.74) is 3.24. The van der Waals surface area contributed by atoms with Crippen molar-refractivity contribution in [1.82, 2.24) is 4.90 Å². The van der Waals surface area contributed by atoms with E-state index in [1.54, 1.807) is 0 Å². The van der Waals surface area contributed by atoms with Crippen LogP contribution >= 0.6 is 11.6 Å². The second kappa shape index (κ2) is 6.72. The number of benzene rings is 2. The minimum Gasteiger partial charge on any atom is -0.324 e. The summed E-state index contributed by atoms with van der Waals surface area (Å²) in [7, 11) is 0. The van der Waals surface area contributed by atoms with E-state index in [4.69, 9.17) is 11.6 Å². The van der Waals surface area contributed by atoms with Gasteiger partial charge < -0.3 is 10.2 Å². The lowest BCUT2D eigenvalue weighted by molar-refractivity contribution is 0.218. The number of nitrogens with one attached hydrogen (secondary N) is 1. The smallest absolute Gasteiger partial charge is 0.321 e. The van der Waals surface area contributed by atoms with Gasteiger partial charge >= 0.3 is 6.03 Å². The molecule has 4 rings (SSSR count). The van der Waals surface area contributed by atoms with Crippen LogP contribution in [0, 0.1) is 18.8 Å². The van der Waals surface area contributed by atoms with Crippen LogP contribution in [0.25, 0.3) is 0 Å². The monoisotopic (exact) mass is 354 g/mol. The summed E-state index contributed by atoms with van der Waals surface area (Å²) in [5, 5.41) is 3.74. The van der Waals surface area contributed by atoms with Crippen molar-refractivity contribution >= 4 is 23.3 Å². The van der Waals surface area contributed by atoms with Gasteiger partial charge in [0.1, 0.15) is 0 Å². The van der Waals surface area contributed by atoms with Gasteiger partial charge in [-0.25, -0.2) is 4.79 Å². The van der Waals surface area contributed by atoms with E-state index in [0.29, 0.717) is 17.8 Å². The van der Waals surface area contributed by atoms with Crippen LogP contribution in [0.15, 0.2) is 48.5 Å². The van der Waals surface area contributed by atoms with Crippen molar-refractivity contribution in [3.05, 3.63) is 64.7 Å². The molecule has 1 aliphatic heterocycles. The van der Waals surface area contributed by atoms with Crippen molar-refractivity contribution in [2.75, 3.05) is 18.4 Å². The van der Waals surface area contributed by atoms with Gasteiger partial charge in [-0.15, -0.1) is 0 Å². The molecule has 2 fully saturated rings. The summed E-state index contributed by atoms with van der Waals surface area (Å²) in [6, 6.07) is 16.4. The van der Waals surface area contributed by atoms with Gasteiger partial charge in [-0.2, -0.15) is 0 Å². The molecule has 1 aliphatic carbocycles. The molecule has 25 heavy (non-hydrogen) atoms. The number of halogens is 1. The highest BCUT2D eigenvalue weighted by Gasteiger charge is 2.42. The Kier molecular flexibility index (Phi) is 4.43. The Morgan fingerprint density at radius 3 is 2.40 bits per heavy atom. The summed E-state index contributed by atoms with van der Waals surface area (Å²) in [6.07, 6.45) is 2.39. The number of urea groups is 1. The largest absolute Gasteiger partial charge is 0.324 e. The maximum atomic E-state index is 12.6. The first-order chi connectivity index (χ1) is 12.1. The molecule has 4 heteroatoms. The zero-order valence-corrected chi connectivity index (χ0v) is 15.2. The van der Waals surface area contributed by atoms with Crippen molar-refractivity contribution in [1.29, 1.82) is 0 Å². The van der Waals surface area contributed by atoms with Crippen LogP contribution in [0.5, 0.6) is 0 Å². The summed E-state index contributed by atoms with van der Waals surface area (Å²) in [6.45, 7) is 3.68. The fraction of sp³-hybridized carbons (Fsp3) is 0.381. The SMILES string of the molecule is Cc1cc(NC(=O)N2C[C@H]3CC(c4ccccc4)C[C@H]3C2)ccc1Cl. The summed E-state index contributed by atoms with van der Waals surface area (Å²) < 4.78 is 0. The maximum absolute atomic E-state index is 12.6. The molecule has 0 spiro atoms. The van der Waals surface area contributed by atoms with E-state index in [-0.39, 0.29) is 6.03 Å². The maximum Gasteiger partial charge on any atom is 0.321 e. The van der Waals surface area contributed by atoms with Crippen molar-refractivity contribution in [2.24, 2.45) is 11.8 Å². The molecule has 130 valence electrons. The van der Waals surface area contributed by atoms with E-state index in [1.807, 2.05) is 30.0 Å². The number of hydrogen-bond acceptors (Lipinski definition) is 1. The van der Waals surface area contributed by atoms with Gasteiger partial charge in [-0.3, -0.25) is 0 Å². The number of fused-ring (bicyclic) bond motifs is 1. The van der Waals surface area contributed by atoms with Crippen LogP contribution in [-0.4, -0.2) is 24.0 Å². The molecule has 3 nitrogen and oxygen atoms in total. The van der Waals surface area contributed by atoms with E-state index in [0.717, 1.165) is 29.4 Å². The van der Waals surface area contributed by atoms with Gasteiger partial charge in [-0.1, -0.05) is 41.9 Å². The Balaban J connectivity index is 1.36. The van der Waals surface area contributed by atoms with E-state index in [2.05, 4.69) is 35.6 Å². The molecule has 2 aromatic carbocycles. The Morgan fingerprint density at radius 2 is 1.76 bits per heavy atom. The lowest BCUT2D eigenvalue weighted by atomic mass is 9.96. The Labute approximate surface area is 154 Å². The molecule has 1 saturated heterocycles.